The lowest BCUT2D eigenvalue weighted by molar-refractivity contribution is 0.0717. The molecule has 1 aliphatic rings. The van der Waals surface area contributed by atoms with Crippen LogP contribution in [0.5, 0.6) is 0 Å². The fourth-order valence-electron chi connectivity index (χ4n) is 2.35. The lowest BCUT2D eigenvalue weighted by atomic mass is 10.1. The van der Waals surface area contributed by atoms with Gasteiger partial charge in [0.1, 0.15) is 5.76 Å². The highest BCUT2D eigenvalue weighted by Gasteiger charge is 2.34. The van der Waals surface area contributed by atoms with Crippen LogP contribution >= 0.6 is 0 Å². The molecule has 1 amide bonds. The molecule has 1 aliphatic carbocycles. The van der Waals surface area contributed by atoms with Gasteiger partial charge in [0.25, 0.3) is 5.91 Å². The zero-order valence-corrected chi connectivity index (χ0v) is 11.5. The number of nitrogen functional groups attached to an aromatic ring is 1. The molecule has 1 saturated carbocycles. The summed E-state index contributed by atoms with van der Waals surface area (Å²) in [6.07, 6.45) is 3.76. The van der Waals surface area contributed by atoms with Crippen LogP contribution in [-0.2, 0) is 6.54 Å². The van der Waals surface area contributed by atoms with Crippen molar-refractivity contribution in [2.45, 2.75) is 32.4 Å². The number of anilines is 1. The molecule has 1 aromatic carbocycles. The minimum Gasteiger partial charge on any atom is -0.467 e. The number of hydrogen-bond acceptors (Lipinski definition) is 3. The number of hydrogen-bond donors (Lipinski definition) is 1. The molecule has 2 N–H and O–H groups in total. The molecule has 0 saturated heterocycles. The molecule has 0 aliphatic heterocycles. The number of furan rings is 1. The van der Waals surface area contributed by atoms with E-state index in [9.17, 15) is 4.79 Å². The Kier molecular flexibility index (Phi) is 3.22. The number of carbonyl (C=O) groups excluding carboxylic acids is 1. The van der Waals surface area contributed by atoms with E-state index >= 15 is 0 Å². The van der Waals surface area contributed by atoms with E-state index in [4.69, 9.17) is 10.2 Å². The molecule has 1 aromatic heterocycles. The van der Waals surface area contributed by atoms with E-state index in [1.54, 1.807) is 12.3 Å². The first-order valence-electron chi connectivity index (χ1n) is 6.84. The quantitative estimate of drug-likeness (QED) is 0.869. The van der Waals surface area contributed by atoms with E-state index in [1.165, 1.54) is 0 Å². The van der Waals surface area contributed by atoms with Gasteiger partial charge in [-0.3, -0.25) is 4.79 Å². The predicted octanol–water partition coefficient (Wildman–Crippen LogP) is 2.98. The van der Waals surface area contributed by atoms with Crippen LogP contribution in [0.15, 0.2) is 41.0 Å². The number of nitrogens with two attached hydrogens (primary N) is 1. The molecule has 0 spiro atoms. The van der Waals surface area contributed by atoms with Gasteiger partial charge in [0.05, 0.1) is 12.8 Å². The maximum Gasteiger partial charge on any atom is 0.254 e. The van der Waals surface area contributed by atoms with E-state index in [1.807, 2.05) is 36.1 Å². The average Bonchev–Trinajstić information content (AvgIpc) is 3.15. The Balaban J connectivity index is 1.87. The lowest BCUT2D eigenvalue weighted by Gasteiger charge is -2.22. The number of rotatable bonds is 4. The molecule has 0 radical (unpaired) electrons. The molecule has 0 atom stereocenters. The van der Waals surface area contributed by atoms with E-state index in [-0.39, 0.29) is 5.91 Å². The minimum atomic E-state index is 0.0358. The zero-order valence-electron chi connectivity index (χ0n) is 11.5. The van der Waals surface area contributed by atoms with E-state index in [2.05, 4.69) is 0 Å². The fourth-order valence-corrected chi connectivity index (χ4v) is 2.35. The van der Waals surface area contributed by atoms with Gasteiger partial charge in [0, 0.05) is 17.3 Å². The lowest BCUT2D eigenvalue weighted by Crippen LogP contribution is -2.33. The summed E-state index contributed by atoms with van der Waals surface area (Å²) >= 11 is 0. The van der Waals surface area contributed by atoms with Gasteiger partial charge in [-0.05, 0) is 49.6 Å². The minimum absolute atomic E-state index is 0.0358. The Morgan fingerprint density at radius 1 is 1.40 bits per heavy atom. The molecule has 3 rings (SSSR count). The standard InChI is InChI=1S/C16H18N2O2/c1-11-4-5-12(17)9-15(11)16(19)18(13-6-7-13)10-14-3-2-8-20-14/h2-5,8-9,13H,6-7,10,17H2,1H3. The first kappa shape index (κ1) is 12.8. The Bertz CT molecular complexity index is 615. The van der Waals surface area contributed by atoms with Crippen LogP contribution in [0.25, 0.3) is 0 Å². The summed E-state index contributed by atoms with van der Waals surface area (Å²) in [5, 5.41) is 0. The second-order valence-corrected chi connectivity index (χ2v) is 5.32. The Morgan fingerprint density at radius 3 is 2.85 bits per heavy atom. The maximum absolute atomic E-state index is 12.8. The Labute approximate surface area is 118 Å². The van der Waals surface area contributed by atoms with Gasteiger partial charge in [-0.2, -0.15) is 0 Å². The summed E-state index contributed by atoms with van der Waals surface area (Å²) in [4.78, 5) is 14.6. The maximum atomic E-state index is 12.8. The van der Waals surface area contributed by atoms with Gasteiger partial charge in [-0.15, -0.1) is 0 Å². The summed E-state index contributed by atoms with van der Waals surface area (Å²) in [5.74, 6) is 0.848. The molecule has 20 heavy (non-hydrogen) atoms. The topological polar surface area (TPSA) is 59.5 Å². The van der Waals surface area contributed by atoms with Crippen LogP contribution in [-0.4, -0.2) is 16.8 Å². The Morgan fingerprint density at radius 2 is 2.20 bits per heavy atom. The van der Waals surface area contributed by atoms with Crippen LogP contribution in [0.4, 0.5) is 5.69 Å². The summed E-state index contributed by atoms with van der Waals surface area (Å²) in [6.45, 7) is 2.45. The number of carbonyl (C=O) groups is 1. The second-order valence-electron chi connectivity index (χ2n) is 5.32. The van der Waals surface area contributed by atoms with E-state index < -0.39 is 0 Å². The number of nitrogens with zero attached hydrogens (tertiary/aromatic N) is 1. The highest BCUT2D eigenvalue weighted by atomic mass is 16.3. The van der Waals surface area contributed by atoms with Crippen molar-refractivity contribution in [1.29, 1.82) is 0 Å². The van der Waals surface area contributed by atoms with Crippen molar-refractivity contribution >= 4 is 11.6 Å². The number of benzene rings is 1. The molecule has 1 heterocycles. The molecular weight excluding hydrogens is 252 g/mol. The van der Waals surface area contributed by atoms with Gasteiger partial charge in [-0.1, -0.05) is 6.07 Å². The molecule has 0 bridgehead atoms. The first-order chi connectivity index (χ1) is 9.65. The van der Waals surface area contributed by atoms with E-state index in [0.717, 1.165) is 24.2 Å². The SMILES string of the molecule is Cc1ccc(N)cc1C(=O)N(Cc1ccco1)C1CC1. The number of aryl methyl sites for hydroxylation is 1. The van der Waals surface area contributed by atoms with Crippen molar-refractivity contribution in [2.24, 2.45) is 0 Å². The largest absolute Gasteiger partial charge is 0.467 e. The van der Waals surface area contributed by atoms with Gasteiger partial charge >= 0.3 is 0 Å². The monoisotopic (exact) mass is 270 g/mol. The summed E-state index contributed by atoms with van der Waals surface area (Å²) in [5.41, 5.74) is 8.06. The van der Waals surface area contributed by atoms with Gasteiger partial charge in [0.2, 0.25) is 0 Å². The highest BCUT2D eigenvalue weighted by Crippen LogP contribution is 2.30. The molecule has 1 fully saturated rings. The van der Waals surface area contributed by atoms with Crippen molar-refractivity contribution in [3.8, 4) is 0 Å². The summed E-state index contributed by atoms with van der Waals surface area (Å²) in [7, 11) is 0. The molecule has 104 valence electrons. The van der Waals surface area contributed by atoms with Gasteiger partial charge in [0.15, 0.2) is 0 Å². The number of amides is 1. The third-order valence-electron chi connectivity index (χ3n) is 3.65. The van der Waals surface area contributed by atoms with E-state index in [0.29, 0.717) is 23.8 Å². The van der Waals surface area contributed by atoms with Crippen molar-refractivity contribution in [3.05, 3.63) is 53.5 Å². The predicted molar refractivity (Wildman–Crippen MR) is 77.2 cm³/mol. The average molecular weight is 270 g/mol. The fraction of sp³-hybridized carbons (Fsp3) is 0.312. The molecule has 4 nitrogen and oxygen atoms in total. The zero-order chi connectivity index (χ0) is 14.1. The van der Waals surface area contributed by atoms with Gasteiger partial charge < -0.3 is 15.1 Å². The second kappa shape index (κ2) is 5.04. The molecule has 0 unspecified atom stereocenters. The van der Waals surface area contributed by atoms with Crippen LogP contribution in [0, 0.1) is 6.92 Å². The van der Waals surface area contributed by atoms with Crippen LogP contribution in [0.1, 0.15) is 34.5 Å². The molecular formula is C16H18N2O2. The van der Waals surface area contributed by atoms with Crippen molar-refractivity contribution in [1.82, 2.24) is 4.90 Å². The van der Waals surface area contributed by atoms with Crippen LogP contribution in [0.3, 0.4) is 0 Å². The van der Waals surface area contributed by atoms with Crippen molar-refractivity contribution in [3.63, 3.8) is 0 Å². The Hall–Kier alpha value is -2.23. The highest BCUT2D eigenvalue weighted by molar-refractivity contribution is 5.96. The van der Waals surface area contributed by atoms with Gasteiger partial charge in [-0.25, -0.2) is 0 Å². The molecule has 4 heteroatoms. The normalized spacial score (nSPS) is 14.2. The van der Waals surface area contributed by atoms with Crippen molar-refractivity contribution in [2.75, 3.05) is 5.73 Å². The smallest absolute Gasteiger partial charge is 0.254 e. The summed E-state index contributed by atoms with van der Waals surface area (Å²) < 4.78 is 5.36. The van der Waals surface area contributed by atoms with Crippen LogP contribution < -0.4 is 5.73 Å². The third kappa shape index (κ3) is 2.54. The third-order valence-corrected chi connectivity index (χ3v) is 3.65. The summed E-state index contributed by atoms with van der Waals surface area (Å²) in [6, 6.07) is 9.54. The van der Waals surface area contributed by atoms with Crippen molar-refractivity contribution < 1.29 is 9.21 Å². The first-order valence-corrected chi connectivity index (χ1v) is 6.84. The van der Waals surface area contributed by atoms with Crippen LogP contribution in [0.2, 0.25) is 0 Å². The molecule has 2 aromatic rings.